The van der Waals surface area contributed by atoms with Crippen molar-refractivity contribution in [2.45, 2.75) is 69.9 Å². The van der Waals surface area contributed by atoms with Gasteiger partial charge in [0.2, 0.25) is 5.91 Å². The third-order valence-electron chi connectivity index (χ3n) is 5.32. The predicted molar refractivity (Wildman–Crippen MR) is 74.8 cm³/mol. The number of carbonyl (C=O) groups excluding carboxylic acids is 1. The highest BCUT2D eigenvalue weighted by atomic mass is 16.5. The number of morpholine rings is 1. The minimum Gasteiger partial charge on any atom is -0.374 e. The van der Waals surface area contributed by atoms with Gasteiger partial charge in [0.25, 0.3) is 0 Å². The third-order valence-corrected chi connectivity index (χ3v) is 5.32. The molecule has 1 aliphatic heterocycles. The van der Waals surface area contributed by atoms with E-state index in [9.17, 15) is 10.1 Å². The van der Waals surface area contributed by atoms with Gasteiger partial charge in [0, 0.05) is 6.54 Å². The molecule has 0 aromatic carbocycles. The van der Waals surface area contributed by atoms with Crippen LogP contribution in [0.15, 0.2) is 0 Å². The van der Waals surface area contributed by atoms with Crippen LogP contribution in [0.4, 0.5) is 0 Å². The van der Waals surface area contributed by atoms with Crippen molar-refractivity contribution in [1.29, 1.82) is 5.26 Å². The molecular weight excluding hydrogens is 252 g/mol. The highest BCUT2D eigenvalue weighted by molar-refractivity contribution is 5.86. The summed E-state index contributed by atoms with van der Waals surface area (Å²) in [6, 6.07) is 2.63. The number of rotatable bonds is 1. The van der Waals surface area contributed by atoms with Gasteiger partial charge in [-0.25, -0.2) is 0 Å². The number of ether oxygens (including phenoxy) is 1. The van der Waals surface area contributed by atoms with Crippen molar-refractivity contribution in [2.75, 3.05) is 13.2 Å². The van der Waals surface area contributed by atoms with Crippen LogP contribution in [0.1, 0.15) is 57.8 Å². The van der Waals surface area contributed by atoms with Crippen LogP contribution < -0.4 is 0 Å². The van der Waals surface area contributed by atoms with Gasteiger partial charge in [-0.15, -0.1) is 0 Å². The molecule has 0 aromatic rings. The van der Waals surface area contributed by atoms with Gasteiger partial charge in [0.1, 0.15) is 5.41 Å². The molecule has 4 nitrogen and oxygen atoms in total. The number of nitrogens with zero attached hydrogens (tertiary/aromatic N) is 2. The summed E-state index contributed by atoms with van der Waals surface area (Å²) in [5, 5.41) is 9.68. The zero-order chi connectivity index (χ0) is 14.0. The van der Waals surface area contributed by atoms with E-state index in [4.69, 9.17) is 4.74 Å². The van der Waals surface area contributed by atoms with Crippen molar-refractivity contribution < 1.29 is 9.53 Å². The summed E-state index contributed by atoms with van der Waals surface area (Å²) in [4.78, 5) is 15.0. The number of hydrogen-bond acceptors (Lipinski definition) is 3. The van der Waals surface area contributed by atoms with Crippen molar-refractivity contribution in [3.05, 3.63) is 0 Å². The fraction of sp³-hybridized carbons (Fsp3) is 0.875. The van der Waals surface area contributed by atoms with Crippen LogP contribution in [0.25, 0.3) is 0 Å². The summed E-state index contributed by atoms with van der Waals surface area (Å²) in [7, 11) is 0. The Labute approximate surface area is 121 Å². The van der Waals surface area contributed by atoms with E-state index in [1.54, 1.807) is 0 Å². The van der Waals surface area contributed by atoms with E-state index in [1.807, 2.05) is 4.90 Å². The van der Waals surface area contributed by atoms with Crippen molar-refractivity contribution in [3.8, 4) is 6.07 Å². The van der Waals surface area contributed by atoms with E-state index in [0.29, 0.717) is 13.2 Å². The van der Waals surface area contributed by atoms with Crippen molar-refractivity contribution >= 4 is 5.91 Å². The Balaban J connectivity index is 1.80. The summed E-state index contributed by atoms with van der Waals surface area (Å²) in [6.45, 7) is 1.30. The SMILES string of the molecule is N#CC1(C(=O)N2CCOC3CCCC32)CCCCCC1. The zero-order valence-corrected chi connectivity index (χ0v) is 12.1. The first-order valence-electron chi connectivity index (χ1n) is 8.11. The second-order valence-electron chi connectivity index (χ2n) is 6.51. The van der Waals surface area contributed by atoms with E-state index >= 15 is 0 Å². The second-order valence-corrected chi connectivity index (χ2v) is 6.51. The number of nitriles is 1. The molecule has 3 fully saturated rings. The first-order chi connectivity index (χ1) is 9.77. The third kappa shape index (κ3) is 2.33. The van der Waals surface area contributed by atoms with Gasteiger partial charge in [-0.2, -0.15) is 5.26 Å². The molecule has 0 N–H and O–H groups in total. The first-order valence-corrected chi connectivity index (χ1v) is 8.11. The molecule has 3 aliphatic rings. The Bertz CT molecular complexity index is 407. The minimum absolute atomic E-state index is 0.0992. The van der Waals surface area contributed by atoms with Crippen LogP contribution in [0.5, 0.6) is 0 Å². The molecule has 3 rings (SSSR count). The van der Waals surface area contributed by atoms with Crippen LogP contribution in [0.3, 0.4) is 0 Å². The summed E-state index contributed by atoms with van der Waals surface area (Å²) in [5.74, 6) is 0.0992. The van der Waals surface area contributed by atoms with Gasteiger partial charge in [0.15, 0.2) is 0 Å². The zero-order valence-electron chi connectivity index (χ0n) is 12.1. The molecule has 0 radical (unpaired) electrons. The summed E-state index contributed by atoms with van der Waals surface area (Å²) in [5.41, 5.74) is -0.749. The summed E-state index contributed by atoms with van der Waals surface area (Å²) >= 11 is 0. The molecular formula is C16H24N2O2. The van der Waals surface area contributed by atoms with Crippen LogP contribution in [-0.4, -0.2) is 36.1 Å². The molecule has 110 valence electrons. The fourth-order valence-corrected chi connectivity index (χ4v) is 4.16. The number of hydrogen-bond donors (Lipinski definition) is 0. The molecule has 1 amide bonds. The lowest BCUT2D eigenvalue weighted by Crippen LogP contribution is -2.55. The molecule has 0 spiro atoms. The van der Waals surface area contributed by atoms with Crippen molar-refractivity contribution in [2.24, 2.45) is 5.41 Å². The standard InChI is InChI=1S/C16H24N2O2/c17-12-16(8-3-1-2-4-9-16)15(19)18-10-11-20-14-7-5-6-13(14)18/h13-14H,1-11H2. The Morgan fingerprint density at radius 3 is 2.60 bits per heavy atom. The van der Waals surface area contributed by atoms with E-state index in [2.05, 4.69) is 6.07 Å². The minimum atomic E-state index is -0.749. The Hall–Kier alpha value is -1.08. The maximum Gasteiger partial charge on any atom is 0.243 e. The van der Waals surface area contributed by atoms with Crippen LogP contribution >= 0.6 is 0 Å². The molecule has 2 atom stereocenters. The van der Waals surface area contributed by atoms with E-state index in [1.165, 1.54) is 0 Å². The molecule has 1 saturated heterocycles. The van der Waals surface area contributed by atoms with E-state index in [0.717, 1.165) is 57.8 Å². The van der Waals surface area contributed by atoms with Crippen molar-refractivity contribution in [3.63, 3.8) is 0 Å². The molecule has 2 aliphatic carbocycles. The van der Waals surface area contributed by atoms with Gasteiger partial charge in [0.05, 0.1) is 24.8 Å². The topological polar surface area (TPSA) is 53.3 Å². The lowest BCUT2D eigenvalue weighted by Gasteiger charge is -2.41. The summed E-state index contributed by atoms with van der Waals surface area (Å²) < 4.78 is 5.78. The average molecular weight is 276 g/mol. The summed E-state index contributed by atoms with van der Waals surface area (Å²) in [6.07, 6.45) is 9.29. The van der Waals surface area contributed by atoms with Crippen LogP contribution in [0, 0.1) is 16.7 Å². The quantitative estimate of drug-likeness (QED) is 0.692. The lowest BCUT2D eigenvalue weighted by atomic mass is 9.80. The van der Waals surface area contributed by atoms with Gasteiger partial charge < -0.3 is 9.64 Å². The fourth-order valence-electron chi connectivity index (χ4n) is 4.16. The Morgan fingerprint density at radius 2 is 1.90 bits per heavy atom. The van der Waals surface area contributed by atoms with Gasteiger partial charge in [-0.3, -0.25) is 4.79 Å². The maximum atomic E-state index is 13.0. The van der Waals surface area contributed by atoms with Crippen LogP contribution in [0.2, 0.25) is 0 Å². The Kier molecular flexibility index (Phi) is 3.98. The van der Waals surface area contributed by atoms with E-state index < -0.39 is 5.41 Å². The van der Waals surface area contributed by atoms with Gasteiger partial charge in [-0.05, 0) is 32.1 Å². The highest BCUT2D eigenvalue weighted by Gasteiger charge is 2.47. The molecule has 4 heteroatoms. The normalized spacial score (nSPS) is 33.0. The van der Waals surface area contributed by atoms with Gasteiger partial charge >= 0.3 is 0 Å². The van der Waals surface area contributed by atoms with Crippen LogP contribution in [-0.2, 0) is 9.53 Å². The lowest BCUT2D eigenvalue weighted by molar-refractivity contribution is -0.152. The molecule has 0 aromatic heterocycles. The largest absolute Gasteiger partial charge is 0.374 e. The Morgan fingerprint density at radius 1 is 1.15 bits per heavy atom. The monoisotopic (exact) mass is 276 g/mol. The van der Waals surface area contributed by atoms with Crippen molar-refractivity contribution in [1.82, 2.24) is 4.90 Å². The molecule has 20 heavy (non-hydrogen) atoms. The number of carbonyl (C=O) groups is 1. The first kappa shape index (κ1) is 13.9. The highest BCUT2D eigenvalue weighted by Crippen LogP contribution is 2.39. The average Bonchev–Trinajstić information content (AvgIpc) is 2.83. The molecule has 2 unspecified atom stereocenters. The smallest absolute Gasteiger partial charge is 0.243 e. The number of amides is 1. The van der Waals surface area contributed by atoms with Gasteiger partial charge in [-0.1, -0.05) is 25.7 Å². The second kappa shape index (κ2) is 5.73. The predicted octanol–water partition coefficient (Wildman–Crippen LogP) is 2.63. The molecule has 0 bridgehead atoms. The number of fused-ring (bicyclic) bond motifs is 1. The van der Waals surface area contributed by atoms with E-state index in [-0.39, 0.29) is 18.1 Å². The molecule has 1 heterocycles. The maximum absolute atomic E-state index is 13.0. The molecule has 2 saturated carbocycles.